The molecule has 1 aromatic carbocycles. The van der Waals surface area contributed by atoms with E-state index in [4.69, 9.17) is 5.11 Å². The molecule has 0 aliphatic heterocycles. The van der Waals surface area contributed by atoms with Crippen molar-refractivity contribution in [3.63, 3.8) is 0 Å². The van der Waals surface area contributed by atoms with Crippen LogP contribution in [0.1, 0.15) is 6.92 Å². The maximum atomic E-state index is 12.1. The summed E-state index contributed by atoms with van der Waals surface area (Å²) in [6.07, 6.45) is 0. The molecule has 1 atom stereocenters. The number of benzene rings is 1. The minimum atomic E-state index is -0.451. The molecule has 0 aliphatic carbocycles. The number of hydrogen-bond donors (Lipinski definition) is 2. The summed E-state index contributed by atoms with van der Waals surface area (Å²) >= 11 is 0. The lowest BCUT2D eigenvalue weighted by atomic mass is 10.2. The molecule has 0 aliphatic rings. The van der Waals surface area contributed by atoms with Crippen LogP contribution in [0, 0.1) is 5.92 Å². The molecule has 0 spiro atoms. The number of aliphatic hydroxyl groups is 1. The van der Waals surface area contributed by atoms with Crippen molar-refractivity contribution in [2.24, 2.45) is 5.92 Å². The molecule has 0 fully saturated rings. The number of aliphatic hydroxyl groups excluding tert-OH is 1. The maximum absolute atomic E-state index is 12.1. The molecule has 0 aromatic heterocycles. The van der Waals surface area contributed by atoms with Crippen LogP contribution in [0.15, 0.2) is 30.3 Å². The predicted octanol–water partition coefficient (Wildman–Crippen LogP) is 1.32. The van der Waals surface area contributed by atoms with Crippen LogP contribution in [0.3, 0.4) is 0 Å². The van der Waals surface area contributed by atoms with E-state index >= 15 is 0 Å². The third kappa shape index (κ3) is 4.89. The Hall–Kier alpha value is -2.08. The average Bonchev–Trinajstić information content (AvgIpc) is 2.46. The number of hydrogen-bond acceptors (Lipinski definition) is 4. The van der Waals surface area contributed by atoms with Crippen molar-refractivity contribution in [1.82, 2.24) is 4.90 Å². The molecular weight excluding hydrogens is 260 g/mol. The van der Waals surface area contributed by atoms with Crippen molar-refractivity contribution >= 4 is 17.7 Å². The first-order valence-corrected chi connectivity index (χ1v) is 6.38. The molecule has 110 valence electrons. The van der Waals surface area contributed by atoms with Crippen molar-refractivity contribution in [2.75, 3.05) is 32.1 Å². The predicted molar refractivity (Wildman–Crippen MR) is 75.3 cm³/mol. The number of nitrogens with zero attached hydrogens (tertiary/aromatic N) is 1. The van der Waals surface area contributed by atoms with Gasteiger partial charge in [0.1, 0.15) is 0 Å². The van der Waals surface area contributed by atoms with E-state index in [-0.39, 0.29) is 31.7 Å². The first-order valence-electron chi connectivity index (χ1n) is 6.38. The lowest BCUT2D eigenvalue weighted by molar-refractivity contribution is -0.145. The van der Waals surface area contributed by atoms with Gasteiger partial charge in [0.2, 0.25) is 0 Å². The van der Waals surface area contributed by atoms with Crippen LogP contribution >= 0.6 is 0 Å². The van der Waals surface area contributed by atoms with E-state index in [0.29, 0.717) is 5.69 Å². The van der Waals surface area contributed by atoms with Gasteiger partial charge in [-0.25, -0.2) is 4.79 Å². The summed E-state index contributed by atoms with van der Waals surface area (Å²) in [5.41, 5.74) is 0.658. The Balaban J connectivity index is 2.65. The highest BCUT2D eigenvalue weighted by Gasteiger charge is 2.21. The van der Waals surface area contributed by atoms with E-state index in [1.807, 2.05) is 18.2 Å². The van der Waals surface area contributed by atoms with Crippen LogP contribution in [-0.2, 0) is 9.53 Å². The van der Waals surface area contributed by atoms with E-state index in [1.54, 1.807) is 19.1 Å². The van der Waals surface area contributed by atoms with Crippen LogP contribution in [0.2, 0.25) is 0 Å². The van der Waals surface area contributed by atoms with Crippen LogP contribution in [-0.4, -0.2) is 48.8 Å². The summed E-state index contributed by atoms with van der Waals surface area (Å²) in [6.45, 7) is 1.84. The molecule has 1 unspecified atom stereocenters. The minimum absolute atomic E-state index is 0.153. The second-order valence-electron chi connectivity index (χ2n) is 4.39. The van der Waals surface area contributed by atoms with E-state index < -0.39 is 5.92 Å². The van der Waals surface area contributed by atoms with Crippen LogP contribution < -0.4 is 5.32 Å². The molecule has 2 N–H and O–H groups in total. The largest absolute Gasteiger partial charge is 0.469 e. The normalized spacial score (nSPS) is 11.6. The fourth-order valence-electron chi connectivity index (χ4n) is 1.73. The zero-order valence-electron chi connectivity index (χ0n) is 11.7. The summed E-state index contributed by atoms with van der Waals surface area (Å²) in [7, 11) is 1.30. The highest BCUT2D eigenvalue weighted by Crippen LogP contribution is 2.08. The molecule has 1 rings (SSSR count). The second-order valence-corrected chi connectivity index (χ2v) is 4.39. The number of carbonyl (C=O) groups excluding carboxylic acids is 2. The van der Waals surface area contributed by atoms with Gasteiger partial charge >= 0.3 is 12.0 Å². The average molecular weight is 280 g/mol. The first kappa shape index (κ1) is 16.0. The third-order valence-corrected chi connectivity index (χ3v) is 2.78. The zero-order valence-corrected chi connectivity index (χ0v) is 11.7. The number of anilines is 1. The van der Waals surface area contributed by atoms with Crippen molar-refractivity contribution < 1.29 is 19.4 Å². The molecular formula is C14H20N2O4. The molecule has 2 amide bonds. The number of nitrogens with one attached hydrogen (secondary N) is 1. The minimum Gasteiger partial charge on any atom is -0.469 e. The van der Waals surface area contributed by atoms with Gasteiger partial charge in [0.25, 0.3) is 0 Å². The Labute approximate surface area is 118 Å². The highest BCUT2D eigenvalue weighted by atomic mass is 16.5. The summed E-state index contributed by atoms with van der Waals surface area (Å²) in [5, 5.41) is 11.7. The Morgan fingerprint density at radius 2 is 2.00 bits per heavy atom. The van der Waals surface area contributed by atoms with Crippen LogP contribution in [0.25, 0.3) is 0 Å². The molecule has 20 heavy (non-hydrogen) atoms. The Kier molecular flexibility index (Phi) is 6.52. The summed E-state index contributed by atoms with van der Waals surface area (Å²) < 4.78 is 4.63. The number of para-hydroxylation sites is 1. The monoisotopic (exact) mass is 280 g/mol. The molecule has 6 nitrogen and oxygen atoms in total. The number of carbonyl (C=O) groups is 2. The number of rotatable bonds is 6. The van der Waals surface area contributed by atoms with Gasteiger partial charge in [-0.05, 0) is 12.1 Å². The SMILES string of the molecule is COC(=O)C(C)CN(CCO)C(=O)Nc1ccccc1. The summed E-state index contributed by atoms with van der Waals surface area (Å²) in [4.78, 5) is 24.9. The first-order chi connectivity index (χ1) is 9.58. The summed E-state index contributed by atoms with van der Waals surface area (Å²) in [6, 6.07) is 8.63. The highest BCUT2D eigenvalue weighted by molar-refractivity contribution is 5.89. The third-order valence-electron chi connectivity index (χ3n) is 2.78. The van der Waals surface area contributed by atoms with Gasteiger partial charge in [0, 0.05) is 18.8 Å². The lowest BCUT2D eigenvalue weighted by Crippen LogP contribution is -2.41. The van der Waals surface area contributed by atoms with E-state index in [1.165, 1.54) is 12.0 Å². The van der Waals surface area contributed by atoms with E-state index in [9.17, 15) is 9.59 Å². The van der Waals surface area contributed by atoms with Crippen molar-refractivity contribution in [3.05, 3.63) is 30.3 Å². The number of ether oxygens (including phenoxy) is 1. The molecule has 0 bridgehead atoms. The van der Waals surface area contributed by atoms with Gasteiger partial charge in [0.05, 0.1) is 19.6 Å². The van der Waals surface area contributed by atoms with Crippen LogP contribution in [0.4, 0.5) is 10.5 Å². The van der Waals surface area contributed by atoms with Crippen molar-refractivity contribution in [2.45, 2.75) is 6.92 Å². The van der Waals surface area contributed by atoms with E-state index in [2.05, 4.69) is 10.1 Å². The van der Waals surface area contributed by atoms with Gasteiger partial charge in [-0.3, -0.25) is 4.79 Å². The molecule has 1 aromatic rings. The lowest BCUT2D eigenvalue weighted by Gasteiger charge is -2.24. The quantitative estimate of drug-likeness (QED) is 0.770. The zero-order chi connectivity index (χ0) is 15.0. The van der Waals surface area contributed by atoms with E-state index in [0.717, 1.165) is 0 Å². The van der Waals surface area contributed by atoms with Gasteiger partial charge in [-0.2, -0.15) is 0 Å². The molecule has 0 saturated carbocycles. The number of amides is 2. The Morgan fingerprint density at radius 3 is 2.55 bits per heavy atom. The molecule has 0 heterocycles. The van der Waals surface area contributed by atoms with Gasteiger partial charge in [-0.15, -0.1) is 0 Å². The molecule has 6 heteroatoms. The van der Waals surface area contributed by atoms with Crippen molar-refractivity contribution in [1.29, 1.82) is 0 Å². The Bertz CT molecular complexity index is 436. The fraction of sp³-hybridized carbons (Fsp3) is 0.429. The number of methoxy groups -OCH3 is 1. The maximum Gasteiger partial charge on any atom is 0.321 e. The number of esters is 1. The summed E-state index contributed by atoms with van der Waals surface area (Å²) in [5.74, 6) is -0.839. The second kappa shape index (κ2) is 8.16. The van der Waals surface area contributed by atoms with Gasteiger partial charge in [-0.1, -0.05) is 25.1 Å². The fourth-order valence-corrected chi connectivity index (χ4v) is 1.73. The van der Waals surface area contributed by atoms with Crippen molar-refractivity contribution in [3.8, 4) is 0 Å². The number of urea groups is 1. The van der Waals surface area contributed by atoms with Gasteiger partial charge < -0.3 is 20.1 Å². The molecule has 0 radical (unpaired) electrons. The smallest absolute Gasteiger partial charge is 0.321 e. The van der Waals surface area contributed by atoms with Crippen LogP contribution in [0.5, 0.6) is 0 Å². The topological polar surface area (TPSA) is 78.9 Å². The standard InChI is InChI=1S/C14H20N2O4/c1-11(13(18)20-2)10-16(8-9-17)14(19)15-12-6-4-3-5-7-12/h3-7,11,17H,8-10H2,1-2H3,(H,15,19). The Morgan fingerprint density at radius 1 is 1.35 bits per heavy atom. The van der Waals surface area contributed by atoms with Gasteiger partial charge in [0.15, 0.2) is 0 Å². The molecule has 0 saturated heterocycles.